The fourth-order valence-corrected chi connectivity index (χ4v) is 5.50. The van der Waals surface area contributed by atoms with Crippen molar-refractivity contribution in [1.29, 1.82) is 0 Å². The van der Waals surface area contributed by atoms with Crippen LogP contribution in [-0.4, -0.2) is 41.7 Å². The number of carbonyl (C=O) groups excluding carboxylic acids is 3. The minimum absolute atomic E-state index is 0.130. The summed E-state index contributed by atoms with van der Waals surface area (Å²) >= 11 is -2.90. The standard InChI is InChI=1S/C12H11N3O4Se/c13-7-3-1-2-6-10(7)20(19)15(12(6)18)8-4-5-9(16)14-11(8)17/h1-3,8H,4-5,13H2,(H,14,16,17). The van der Waals surface area contributed by atoms with Crippen LogP contribution in [-0.2, 0) is 13.4 Å². The molecule has 2 aliphatic rings. The Hall–Kier alpha value is -2.05. The van der Waals surface area contributed by atoms with Gasteiger partial charge in [0.15, 0.2) is 0 Å². The van der Waals surface area contributed by atoms with Crippen LogP contribution in [0.4, 0.5) is 5.69 Å². The second kappa shape index (κ2) is 4.50. The summed E-state index contributed by atoms with van der Waals surface area (Å²) in [5, 5.41) is 2.17. The predicted octanol–water partition coefficient (Wildman–Crippen LogP) is -1.34. The second-order valence-electron chi connectivity index (χ2n) is 4.57. The van der Waals surface area contributed by atoms with E-state index in [0.717, 1.165) is 3.92 Å². The van der Waals surface area contributed by atoms with Crippen molar-refractivity contribution in [1.82, 2.24) is 9.23 Å². The Kier molecular flexibility index (Phi) is 2.92. The first kappa shape index (κ1) is 13.0. The van der Waals surface area contributed by atoms with Gasteiger partial charge in [-0.25, -0.2) is 0 Å². The number of benzene rings is 1. The second-order valence-corrected chi connectivity index (χ2v) is 7.30. The topological polar surface area (TPSA) is 110 Å². The van der Waals surface area contributed by atoms with Crippen LogP contribution < -0.4 is 15.5 Å². The number of carbonyl (C=O) groups is 3. The van der Waals surface area contributed by atoms with E-state index in [4.69, 9.17) is 5.73 Å². The molecule has 0 radical (unpaired) electrons. The average molecular weight is 340 g/mol. The number of hydrogen-bond donors (Lipinski definition) is 2. The third-order valence-electron chi connectivity index (χ3n) is 3.32. The Morgan fingerprint density at radius 1 is 1.30 bits per heavy atom. The van der Waals surface area contributed by atoms with E-state index in [1.807, 2.05) is 0 Å². The number of rotatable bonds is 1. The van der Waals surface area contributed by atoms with Crippen LogP contribution in [0.25, 0.3) is 0 Å². The molecule has 2 atom stereocenters. The van der Waals surface area contributed by atoms with E-state index in [9.17, 15) is 18.2 Å². The van der Waals surface area contributed by atoms with E-state index in [1.165, 1.54) is 0 Å². The molecule has 2 aliphatic heterocycles. The van der Waals surface area contributed by atoms with Gasteiger partial charge in [0.2, 0.25) is 0 Å². The van der Waals surface area contributed by atoms with Gasteiger partial charge >= 0.3 is 118 Å². The van der Waals surface area contributed by atoms with Gasteiger partial charge < -0.3 is 0 Å². The monoisotopic (exact) mass is 341 g/mol. The summed E-state index contributed by atoms with van der Waals surface area (Å²) in [5.41, 5.74) is 6.35. The van der Waals surface area contributed by atoms with Gasteiger partial charge in [0.1, 0.15) is 0 Å². The molecule has 7 nitrogen and oxygen atoms in total. The molecule has 0 saturated carbocycles. The van der Waals surface area contributed by atoms with Gasteiger partial charge in [-0.15, -0.1) is 0 Å². The number of imide groups is 1. The molecule has 3 rings (SSSR count). The molecule has 3 amide bonds. The molecular formula is C12H11N3O4Se. The SMILES string of the molecule is Nc1cccc2c1[Se](=O)N(C1CCC(=O)NC1=O)C2=O. The molecule has 3 N–H and O–H groups in total. The van der Waals surface area contributed by atoms with Crippen molar-refractivity contribution < 1.29 is 18.2 Å². The van der Waals surface area contributed by atoms with Gasteiger partial charge in [-0.2, -0.15) is 0 Å². The maximum absolute atomic E-state index is 12.5. The Labute approximate surface area is 118 Å². The summed E-state index contributed by atoms with van der Waals surface area (Å²) in [5.74, 6) is -1.41. The van der Waals surface area contributed by atoms with E-state index in [0.29, 0.717) is 10.1 Å². The number of nitrogens with zero attached hydrogens (tertiary/aromatic N) is 1. The van der Waals surface area contributed by atoms with Gasteiger partial charge in [0, 0.05) is 0 Å². The van der Waals surface area contributed by atoms with Gasteiger partial charge in [-0.05, 0) is 0 Å². The van der Waals surface area contributed by atoms with Crippen LogP contribution in [0.2, 0.25) is 0 Å². The zero-order valence-electron chi connectivity index (χ0n) is 10.3. The van der Waals surface area contributed by atoms with Crippen LogP contribution in [0.5, 0.6) is 0 Å². The van der Waals surface area contributed by atoms with E-state index < -0.39 is 31.9 Å². The molecule has 8 heteroatoms. The normalized spacial score (nSPS) is 25.6. The summed E-state index contributed by atoms with van der Waals surface area (Å²) in [6.07, 6.45) is 0.317. The summed E-state index contributed by atoms with van der Waals surface area (Å²) < 4.78 is 14.0. The summed E-state index contributed by atoms with van der Waals surface area (Å²) in [7, 11) is 0. The number of hydrogen-bond acceptors (Lipinski definition) is 5. The first-order chi connectivity index (χ1) is 9.50. The number of amides is 3. The van der Waals surface area contributed by atoms with E-state index in [-0.39, 0.29) is 24.3 Å². The van der Waals surface area contributed by atoms with Crippen molar-refractivity contribution in [3.63, 3.8) is 0 Å². The van der Waals surface area contributed by atoms with E-state index >= 15 is 0 Å². The quantitative estimate of drug-likeness (QED) is 0.373. The van der Waals surface area contributed by atoms with Gasteiger partial charge in [-0.3, -0.25) is 0 Å². The van der Waals surface area contributed by atoms with Crippen LogP contribution in [0.1, 0.15) is 23.2 Å². The third kappa shape index (κ3) is 1.76. The third-order valence-corrected chi connectivity index (χ3v) is 6.64. The molecule has 2 heterocycles. The molecule has 0 spiro atoms. The molecule has 104 valence electrons. The zero-order chi connectivity index (χ0) is 14.4. The zero-order valence-corrected chi connectivity index (χ0v) is 12.0. The summed E-state index contributed by atoms with van der Waals surface area (Å²) in [6, 6.07) is 3.87. The van der Waals surface area contributed by atoms with Crippen molar-refractivity contribution >= 4 is 41.9 Å². The van der Waals surface area contributed by atoms with Crippen LogP contribution in [0.3, 0.4) is 0 Å². The van der Waals surface area contributed by atoms with Crippen molar-refractivity contribution in [2.75, 3.05) is 5.73 Å². The van der Waals surface area contributed by atoms with Crippen molar-refractivity contribution in [2.24, 2.45) is 0 Å². The molecule has 0 aliphatic carbocycles. The van der Waals surface area contributed by atoms with Crippen molar-refractivity contribution in [2.45, 2.75) is 18.9 Å². The Morgan fingerprint density at radius 2 is 2.05 bits per heavy atom. The molecule has 0 bridgehead atoms. The minimum atomic E-state index is -2.90. The fourth-order valence-electron chi connectivity index (χ4n) is 2.37. The number of nitrogen functional groups attached to an aromatic ring is 1. The van der Waals surface area contributed by atoms with Gasteiger partial charge in [0.05, 0.1) is 0 Å². The first-order valence-corrected chi connectivity index (χ1v) is 8.30. The molecule has 1 aromatic carbocycles. The van der Waals surface area contributed by atoms with Crippen molar-refractivity contribution in [3.8, 4) is 0 Å². The van der Waals surface area contributed by atoms with E-state index in [2.05, 4.69) is 5.32 Å². The van der Waals surface area contributed by atoms with Gasteiger partial charge in [0.25, 0.3) is 0 Å². The summed E-state index contributed by atoms with van der Waals surface area (Å²) in [4.78, 5) is 35.3. The first-order valence-electron chi connectivity index (χ1n) is 5.98. The van der Waals surface area contributed by atoms with Crippen LogP contribution >= 0.6 is 0 Å². The van der Waals surface area contributed by atoms with Gasteiger partial charge in [-0.1, -0.05) is 0 Å². The van der Waals surface area contributed by atoms with Crippen LogP contribution in [0.15, 0.2) is 18.2 Å². The number of nitrogens with one attached hydrogen (secondary N) is 1. The number of nitrogens with two attached hydrogens (primary N) is 1. The maximum atomic E-state index is 12.5. The van der Waals surface area contributed by atoms with Crippen LogP contribution in [0, 0.1) is 0 Å². The predicted molar refractivity (Wildman–Crippen MR) is 69.3 cm³/mol. The molecule has 2 unspecified atom stereocenters. The Morgan fingerprint density at radius 3 is 2.70 bits per heavy atom. The molecule has 1 fully saturated rings. The Bertz CT molecular complexity index is 673. The number of anilines is 1. The molecule has 1 saturated heterocycles. The number of fused-ring (bicyclic) bond motifs is 1. The van der Waals surface area contributed by atoms with E-state index in [1.54, 1.807) is 18.2 Å². The molecule has 20 heavy (non-hydrogen) atoms. The number of piperidine rings is 1. The molecule has 0 aromatic heterocycles. The van der Waals surface area contributed by atoms with Crippen molar-refractivity contribution in [3.05, 3.63) is 23.8 Å². The average Bonchev–Trinajstić information content (AvgIpc) is 2.64. The molecule has 1 aromatic rings. The summed E-state index contributed by atoms with van der Waals surface area (Å²) in [6.45, 7) is 0. The fraction of sp³-hybridized carbons (Fsp3) is 0.250. The molecular weight excluding hydrogens is 329 g/mol. The Balaban J connectivity index is 2.00.